The summed E-state index contributed by atoms with van der Waals surface area (Å²) in [4.78, 5) is 2.37. The summed E-state index contributed by atoms with van der Waals surface area (Å²) in [7, 11) is 0. The molecular weight excluding hydrogens is 651 g/mol. The molecule has 1 nitrogen and oxygen atoms in total. The maximum atomic E-state index is 2.49. The Morgan fingerprint density at radius 2 is 0.759 bits per heavy atom. The lowest BCUT2D eigenvalue weighted by atomic mass is 9.73. The molecule has 12 rings (SSSR count). The summed E-state index contributed by atoms with van der Waals surface area (Å²) in [6.45, 7) is 0. The van der Waals surface area contributed by atoms with Crippen LogP contribution in [0, 0.1) is 0 Å². The van der Waals surface area contributed by atoms with Crippen LogP contribution in [0.2, 0.25) is 0 Å². The molecule has 250 valence electrons. The van der Waals surface area contributed by atoms with Crippen LogP contribution in [-0.4, -0.2) is 0 Å². The summed E-state index contributed by atoms with van der Waals surface area (Å²) in [6, 6.07) is 74.1. The van der Waals surface area contributed by atoms with Crippen molar-refractivity contribution in [3.8, 4) is 55.6 Å². The first-order valence-electron chi connectivity index (χ1n) is 18.8. The highest BCUT2D eigenvalue weighted by Crippen LogP contribution is 2.70. The molecule has 0 bridgehead atoms. The maximum Gasteiger partial charge on any atom is 0.0737 e. The fourth-order valence-corrected chi connectivity index (χ4v) is 9.93. The second kappa shape index (κ2) is 11.0. The van der Waals surface area contributed by atoms with Crippen molar-refractivity contribution in [2.24, 2.45) is 0 Å². The van der Waals surface area contributed by atoms with E-state index in [2.05, 4.69) is 205 Å². The number of anilines is 3. The van der Waals surface area contributed by atoms with Crippen LogP contribution in [0.3, 0.4) is 0 Å². The molecule has 0 fully saturated rings. The van der Waals surface area contributed by atoms with Gasteiger partial charge in [0.15, 0.2) is 0 Å². The van der Waals surface area contributed by atoms with Crippen molar-refractivity contribution < 1.29 is 0 Å². The number of benzene rings is 9. The largest absolute Gasteiger partial charge is 0.310 e. The average Bonchev–Trinajstić information content (AvgIpc) is 3.84. The van der Waals surface area contributed by atoms with Crippen LogP contribution >= 0.6 is 0 Å². The van der Waals surface area contributed by atoms with Gasteiger partial charge in [-0.1, -0.05) is 158 Å². The van der Waals surface area contributed by atoms with Gasteiger partial charge in [-0.05, 0) is 131 Å². The minimum absolute atomic E-state index is 0.279. The summed E-state index contributed by atoms with van der Waals surface area (Å²) in [5.74, 6) is 0. The summed E-state index contributed by atoms with van der Waals surface area (Å²) in [5.41, 5.74) is 21.9. The molecule has 9 aromatic carbocycles. The highest BCUT2D eigenvalue weighted by Gasteiger charge is 2.57. The van der Waals surface area contributed by atoms with Crippen LogP contribution in [0.15, 0.2) is 200 Å². The molecule has 0 aliphatic heterocycles. The molecule has 1 heteroatoms. The van der Waals surface area contributed by atoms with Gasteiger partial charge in [-0.15, -0.1) is 0 Å². The standard InChI is InChI=1S/C53H33N/c1-2-10-34(11-3-1)36-20-26-40(27-21-36)54(42-30-24-35-12-4-5-13-38(35)32-42)41-28-22-37(23-29-41)39-25-31-44-46-16-9-18-48-47-17-8-15-45-43-14-6-7-19-49(43)53(51(45)47,52(46)48)50(44)33-39/h1-33H. The third-order valence-corrected chi connectivity index (χ3v) is 12.2. The van der Waals surface area contributed by atoms with Crippen molar-refractivity contribution in [1.29, 1.82) is 0 Å². The maximum absolute atomic E-state index is 2.49. The molecule has 1 unspecified atom stereocenters. The third kappa shape index (κ3) is 3.93. The molecule has 0 N–H and O–H groups in total. The summed E-state index contributed by atoms with van der Waals surface area (Å²) in [5, 5.41) is 2.47. The number of rotatable bonds is 5. The van der Waals surface area contributed by atoms with E-state index < -0.39 is 0 Å². The van der Waals surface area contributed by atoms with E-state index in [-0.39, 0.29) is 5.41 Å². The Kier molecular flexibility index (Phi) is 6.04. The Bertz CT molecular complexity index is 2940. The first-order valence-corrected chi connectivity index (χ1v) is 18.8. The topological polar surface area (TPSA) is 3.24 Å². The number of nitrogens with zero attached hydrogens (tertiary/aromatic N) is 1. The highest BCUT2D eigenvalue weighted by molar-refractivity contribution is 6.06. The van der Waals surface area contributed by atoms with Gasteiger partial charge in [0.05, 0.1) is 5.41 Å². The molecule has 1 spiro atoms. The third-order valence-electron chi connectivity index (χ3n) is 12.2. The minimum atomic E-state index is -0.279. The predicted molar refractivity (Wildman–Crippen MR) is 225 cm³/mol. The van der Waals surface area contributed by atoms with Crippen LogP contribution in [0.1, 0.15) is 22.3 Å². The van der Waals surface area contributed by atoms with E-state index in [1.54, 1.807) is 0 Å². The molecule has 3 aliphatic rings. The molecule has 0 saturated carbocycles. The number of fused-ring (bicyclic) bond motifs is 6. The van der Waals surface area contributed by atoms with E-state index in [1.807, 2.05) is 0 Å². The zero-order valence-electron chi connectivity index (χ0n) is 29.5. The summed E-state index contributed by atoms with van der Waals surface area (Å²) in [6.07, 6.45) is 0. The van der Waals surface area contributed by atoms with E-state index >= 15 is 0 Å². The molecule has 54 heavy (non-hydrogen) atoms. The quantitative estimate of drug-likeness (QED) is 0.175. The molecule has 3 aliphatic carbocycles. The SMILES string of the molecule is c1ccc(-c2ccc(N(c3ccc(-c4ccc5c(c4)C46c7ccccc7-c7cccc(c74)-c4cccc-5c46)cc3)c3ccc4ccccc4c3)cc2)cc1. The van der Waals surface area contributed by atoms with Gasteiger partial charge in [-0.3, -0.25) is 0 Å². The van der Waals surface area contributed by atoms with Crippen molar-refractivity contribution in [3.05, 3.63) is 222 Å². The van der Waals surface area contributed by atoms with Crippen molar-refractivity contribution in [3.63, 3.8) is 0 Å². The lowest BCUT2D eigenvalue weighted by Gasteiger charge is -2.28. The second-order valence-corrected chi connectivity index (χ2v) is 14.8. The van der Waals surface area contributed by atoms with E-state index in [0.717, 1.165) is 17.1 Å². The molecule has 0 radical (unpaired) electrons. The molecule has 0 heterocycles. The van der Waals surface area contributed by atoms with E-state index in [1.165, 1.54) is 88.7 Å². The predicted octanol–water partition coefficient (Wildman–Crippen LogP) is 14.0. The van der Waals surface area contributed by atoms with Gasteiger partial charge in [0, 0.05) is 17.1 Å². The molecular formula is C53H33N. The lowest BCUT2D eigenvalue weighted by molar-refractivity contribution is 0.818. The van der Waals surface area contributed by atoms with Crippen molar-refractivity contribution in [1.82, 2.24) is 0 Å². The van der Waals surface area contributed by atoms with Gasteiger partial charge in [0.25, 0.3) is 0 Å². The van der Waals surface area contributed by atoms with Gasteiger partial charge in [-0.25, -0.2) is 0 Å². The first-order chi connectivity index (χ1) is 26.8. The van der Waals surface area contributed by atoms with Crippen LogP contribution in [-0.2, 0) is 5.41 Å². The summed E-state index contributed by atoms with van der Waals surface area (Å²) >= 11 is 0. The molecule has 1 atom stereocenters. The Balaban J connectivity index is 0.985. The molecule has 0 aromatic heterocycles. The van der Waals surface area contributed by atoms with E-state index in [0.29, 0.717) is 0 Å². The zero-order valence-corrected chi connectivity index (χ0v) is 29.5. The van der Waals surface area contributed by atoms with Gasteiger partial charge < -0.3 is 4.90 Å². The first kappa shape index (κ1) is 29.6. The highest BCUT2D eigenvalue weighted by atomic mass is 15.1. The van der Waals surface area contributed by atoms with Crippen molar-refractivity contribution in [2.45, 2.75) is 5.41 Å². The van der Waals surface area contributed by atoms with E-state index in [9.17, 15) is 0 Å². The normalized spacial score (nSPS) is 15.1. The summed E-state index contributed by atoms with van der Waals surface area (Å²) < 4.78 is 0. The fourth-order valence-electron chi connectivity index (χ4n) is 9.93. The van der Waals surface area contributed by atoms with Crippen molar-refractivity contribution in [2.75, 3.05) is 4.90 Å². The lowest BCUT2D eigenvalue weighted by Crippen LogP contribution is -2.23. The van der Waals surface area contributed by atoms with Crippen LogP contribution in [0.5, 0.6) is 0 Å². The minimum Gasteiger partial charge on any atom is -0.310 e. The smallest absolute Gasteiger partial charge is 0.0737 e. The Morgan fingerprint density at radius 3 is 1.44 bits per heavy atom. The molecule has 0 saturated heterocycles. The van der Waals surface area contributed by atoms with Crippen molar-refractivity contribution >= 4 is 27.8 Å². The van der Waals surface area contributed by atoms with Gasteiger partial charge in [0.1, 0.15) is 0 Å². The monoisotopic (exact) mass is 683 g/mol. The van der Waals surface area contributed by atoms with Gasteiger partial charge >= 0.3 is 0 Å². The van der Waals surface area contributed by atoms with Crippen LogP contribution in [0.4, 0.5) is 17.1 Å². The Hall–Kier alpha value is -6.96. The zero-order chi connectivity index (χ0) is 35.4. The van der Waals surface area contributed by atoms with Crippen LogP contribution in [0.25, 0.3) is 66.4 Å². The Morgan fingerprint density at radius 1 is 0.278 bits per heavy atom. The number of hydrogen-bond acceptors (Lipinski definition) is 1. The fraction of sp³-hybridized carbons (Fsp3) is 0.0189. The molecule has 9 aromatic rings. The molecule has 0 amide bonds. The number of hydrogen-bond donors (Lipinski definition) is 0. The van der Waals surface area contributed by atoms with Gasteiger partial charge in [-0.2, -0.15) is 0 Å². The average molecular weight is 684 g/mol. The van der Waals surface area contributed by atoms with Gasteiger partial charge in [0.2, 0.25) is 0 Å². The Labute approximate surface area is 315 Å². The van der Waals surface area contributed by atoms with E-state index in [4.69, 9.17) is 0 Å². The second-order valence-electron chi connectivity index (χ2n) is 14.8. The van der Waals surface area contributed by atoms with Crippen LogP contribution < -0.4 is 4.90 Å².